The van der Waals surface area contributed by atoms with Crippen LogP contribution in [0.2, 0.25) is 0 Å². The van der Waals surface area contributed by atoms with Crippen LogP contribution in [0.1, 0.15) is 28.2 Å². The van der Waals surface area contributed by atoms with E-state index in [1.165, 1.54) is 4.88 Å². The smallest absolute Gasteiger partial charge is 0.290 e. The number of aryl methyl sites for hydroxylation is 3. The third-order valence-corrected chi connectivity index (χ3v) is 4.93. The van der Waals surface area contributed by atoms with Crippen LogP contribution in [0.3, 0.4) is 0 Å². The molecule has 0 aliphatic heterocycles. The van der Waals surface area contributed by atoms with Crippen LogP contribution >= 0.6 is 11.3 Å². The van der Waals surface area contributed by atoms with Gasteiger partial charge in [0.05, 0.1) is 12.2 Å². The van der Waals surface area contributed by atoms with Gasteiger partial charge in [-0.2, -0.15) is 4.98 Å². The van der Waals surface area contributed by atoms with Gasteiger partial charge in [0.1, 0.15) is 5.01 Å². The van der Waals surface area contributed by atoms with Gasteiger partial charge in [0.15, 0.2) is 0 Å². The predicted octanol–water partition coefficient (Wildman–Crippen LogP) is 3.59. The molecule has 0 fully saturated rings. The molecule has 4 nitrogen and oxygen atoms in total. The van der Waals surface area contributed by atoms with E-state index in [0.29, 0.717) is 6.54 Å². The first-order valence-electron chi connectivity index (χ1n) is 7.67. The van der Waals surface area contributed by atoms with E-state index in [0.717, 1.165) is 34.1 Å². The van der Waals surface area contributed by atoms with Crippen molar-refractivity contribution in [2.75, 3.05) is 0 Å². The van der Waals surface area contributed by atoms with E-state index < -0.39 is 0 Å². The van der Waals surface area contributed by atoms with E-state index in [2.05, 4.69) is 24.0 Å². The van der Waals surface area contributed by atoms with E-state index in [4.69, 9.17) is 4.98 Å². The molecule has 0 amide bonds. The quantitative estimate of drug-likeness (QED) is 0.736. The maximum Gasteiger partial charge on any atom is 0.348 e. The van der Waals surface area contributed by atoms with Crippen molar-refractivity contribution >= 4 is 11.3 Å². The highest BCUT2D eigenvalue weighted by Gasteiger charge is 2.13. The lowest BCUT2D eigenvalue weighted by Crippen LogP contribution is -2.26. The van der Waals surface area contributed by atoms with Gasteiger partial charge in [0.25, 0.3) is 0 Å². The summed E-state index contributed by atoms with van der Waals surface area (Å²) in [5.41, 5.74) is 3.60. The Morgan fingerprint density at radius 3 is 2.52 bits per heavy atom. The Labute approximate surface area is 139 Å². The third-order valence-electron chi connectivity index (χ3n) is 3.75. The van der Waals surface area contributed by atoms with Gasteiger partial charge in [0, 0.05) is 21.8 Å². The van der Waals surface area contributed by atoms with Crippen molar-refractivity contribution in [1.82, 2.24) is 14.5 Å². The number of benzene rings is 1. The topological polar surface area (TPSA) is 47.8 Å². The molecule has 0 aliphatic rings. The highest BCUT2D eigenvalue weighted by molar-refractivity contribution is 7.12. The minimum Gasteiger partial charge on any atom is -0.290 e. The molecule has 118 valence electrons. The van der Waals surface area contributed by atoms with E-state index in [1.807, 2.05) is 38.1 Å². The molecule has 3 rings (SSSR count). The molecule has 0 aliphatic carbocycles. The number of rotatable bonds is 4. The molecule has 2 aromatic heterocycles. The zero-order chi connectivity index (χ0) is 16.4. The molecule has 3 aromatic rings. The maximum absolute atomic E-state index is 12.1. The SMILES string of the molecule is CCc1sc(Cn2c(C)cc(C)nc2=O)nc1-c1ccccc1. The molecular weight excluding hydrogens is 306 g/mol. The Bertz CT molecular complexity index is 881. The molecule has 0 atom stereocenters. The van der Waals surface area contributed by atoms with Crippen LogP contribution in [0, 0.1) is 13.8 Å². The molecule has 0 spiro atoms. The Morgan fingerprint density at radius 2 is 1.87 bits per heavy atom. The van der Waals surface area contributed by atoms with Crippen LogP contribution in [-0.2, 0) is 13.0 Å². The fourth-order valence-corrected chi connectivity index (χ4v) is 3.65. The number of aromatic nitrogens is 3. The second kappa shape index (κ2) is 6.46. The number of thiazole rings is 1. The van der Waals surface area contributed by atoms with Crippen LogP contribution in [0.25, 0.3) is 11.3 Å². The van der Waals surface area contributed by atoms with Crippen molar-refractivity contribution in [3.05, 3.63) is 68.2 Å². The van der Waals surface area contributed by atoms with Gasteiger partial charge in [-0.1, -0.05) is 37.3 Å². The van der Waals surface area contributed by atoms with E-state index in [-0.39, 0.29) is 5.69 Å². The van der Waals surface area contributed by atoms with Crippen molar-refractivity contribution in [3.63, 3.8) is 0 Å². The van der Waals surface area contributed by atoms with Crippen molar-refractivity contribution in [1.29, 1.82) is 0 Å². The number of hydrogen-bond acceptors (Lipinski definition) is 4. The highest BCUT2D eigenvalue weighted by Crippen LogP contribution is 2.29. The second-order valence-corrected chi connectivity index (χ2v) is 6.67. The molecule has 0 saturated heterocycles. The number of hydrogen-bond donors (Lipinski definition) is 0. The third kappa shape index (κ3) is 3.24. The maximum atomic E-state index is 12.1. The van der Waals surface area contributed by atoms with Crippen LogP contribution in [0.5, 0.6) is 0 Å². The first-order chi connectivity index (χ1) is 11.1. The molecule has 0 radical (unpaired) electrons. The van der Waals surface area contributed by atoms with Crippen molar-refractivity contribution in [3.8, 4) is 11.3 Å². The predicted molar refractivity (Wildman–Crippen MR) is 94.0 cm³/mol. The zero-order valence-electron chi connectivity index (χ0n) is 13.5. The molecule has 1 aromatic carbocycles. The largest absolute Gasteiger partial charge is 0.348 e. The fourth-order valence-electron chi connectivity index (χ4n) is 2.63. The van der Waals surface area contributed by atoms with Crippen molar-refractivity contribution < 1.29 is 0 Å². The Kier molecular flexibility index (Phi) is 4.39. The molecule has 0 unspecified atom stereocenters. The van der Waals surface area contributed by atoms with Gasteiger partial charge in [-0.15, -0.1) is 11.3 Å². The van der Waals surface area contributed by atoms with Crippen LogP contribution < -0.4 is 5.69 Å². The average Bonchev–Trinajstić information content (AvgIpc) is 2.95. The first kappa shape index (κ1) is 15.6. The lowest BCUT2D eigenvalue weighted by Gasteiger charge is -2.07. The summed E-state index contributed by atoms with van der Waals surface area (Å²) < 4.78 is 1.68. The minimum atomic E-state index is -0.211. The summed E-state index contributed by atoms with van der Waals surface area (Å²) in [4.78, 5) is 22.2. The lowest BCUT2D eigenvalue weighted by atomic mass is 10.1. The normalized spacial score (nSPS) is 10.9. The summed E-state index contributed by atoms with van der Waals surface area (Å²) in [5, 5.41) is 0.941. The van der Waals surface area contributed by atoms with Gasteiger partial charge < -0.3 is 0 Å². The molecule has 0 N–H and O–H groups in total. The van der Waals surface area contributed by atoms with E-state index >= 15 is 0 Å². The molecule has 0 bridgehead atoms. The lowest BCUT2D eigenvalue weighted by molar-refractivity contribution is 0.691. The van der Waals surface area contributed by atoms with Crippen molar-refractivity contribution in [2.24, 2.45) is 0 Å². The summed E-state index contributed by atoms with van der Waals surface area (Å²) in [6, 6.07) is 12.1. The van der Waals surface area contributed by atoms with Gasteiger partial charge in [0.2, 0.25) is 0 Å². The first-order valence-corrected chi connectivity index (χ1v) is 8.49. The molecular formula is C18H19N3OS. The average molecular weight is 325 g/mol. The summed E-state index contributed by atoms with van der Waals surface area (Å²) in [5.74, 6) is 0. The zero-order valence-corrected chi connectivity index (χ0v) is 14.4. The summed E-state index contributed by atoms with van der Waals surface area (Å²) >= 11 is 1.67. The molecule has 5 heteroatoms. The monoisotopic (exact) mass is 325 g/mol. The van der Waals surface area contributed by atoms with Crippen LogP contribution in [0.4, 0.5) is 0 Å². The van der Waals surface area contributed by atoms with E-state index in [1.54, 1.807) is 15.9 Å². The van der Waals surface area contributed by atoms with Crippen LogP contribution in [-0.4, -0.2) is 14.5 Å². The standard InChI is InChI=1S/C18H19N3OS/c1-4-15-17(14-8-6-5-7-9-14)20-16(23-15)11-21-13(3)10-12(2)19-18(21)22/h5-10H,4,11H2,1-3H3. The van der Waals surface area contributed by atoms with E-state index in [9.17, 15) is 4.79 Å². The molecule has 23 heavy (non-hydrogen) atoms. The summed E-state index contributed by atoms with van der Waals surface area (Å²) in [6.45, 7) is 6.38. The van der Waals surface area contributed by atoms with Gasteiger partial charge in [-0.05, 0) is 26.3 Å². The van der Waals surface area contributed by atoms with Gasteiger partial charge in [-0.25, -0.2) is 9.78 Å². The summed E-state index contributed by atoms with van der Waals surface area (Å²) in [7, 11) is 0. The van der Waals surface area contributed by atoms with Gasteiger partial charge >= 0.3 is 5.69 Å². The Hall–Kier alpha value is -2.27. The minimum absolute atomic E-state index is 0.211. The highest BCUT2D eigenvalue weighted by atomic mass is 32.1. The summed E-state index contributed by atoms with van der Waals surface area (Å²) in [6.07, 6.45) is 0.932. The van der Waals surface area contributed by atoms with Crippen molar-refractivity contribution in [2.45, 2.75) is 33.7 Å². The molecule has 2 heterocycles. The fraction of sp³-hybridized carbons (Fsp3) is 0.278. The van der Waals surface area contributed by atoms with Crippen LogP contribution in [0.15, 0.2) is 41.2 Å². The molecule has 0 saturated carbocycles. The van der Waals surface area contributed by atoms with Gasteiger partial charge in [-0.3, -0.25) is 4.57 Å². The Balaban J connectivity index is 2.00. The second-order valence-electron chi connectivity index (χ2n) is 5.51. The Morgan fingerprint density at radius 1 is 1.13 bits per heavy atom. The number of nitrogens with zero attached hydrogens (tertiary/aromatic N) is 3.